The van der Waals surface area contributed by atoms with Crippen LogP contribution in [0.1, 0.15) is 35.2 Å². The first-order chi connectivity index (χ1) is 11.1. The molecule has 0 saturated carbocycles. The number of carbonyl (C=O) groups excluding carboxylic acids is 1. The summed E-state index contributed by atoms with van der Waals surface area (Å²) >= 11 is 0. The number of aryl methyl sites for hydroxylation is 1. The zero-order valence-corrected chi connectivity index (χ0v) is 13.8. The summed E-state index contributed by atoms with van der Waals surface area (Å²) in [4.78, 5) is 29.8. The van der Waals surface area contributed by atoms with E-state index in [1.54, 1.807) is 12.4 Å². The molecule has 2 fully saturated rings. The van der Waals surface area contributed by atoms with Gasteiger partial charge >= 0.3 is 0 Å². The molecule has 0 aliphatic carbocycles. The predicted molar refractivity (Wildman–Crippen MR) is 87.3 cm³/mol. The van der Waals surface area contributed by atoms with Gasteiger partial charge in [0.05, 0.1) is 0 Å². The Hall–Kier alpha value is -1.95. The van der Waals surface area contributed by atoms with E-state index in [2.05, 4.69) is 21.8 Å². The van der Waals surface area contributed by atoms with E-state index in [0.29, 0.717) is 12.0 Å². The monoisotopic (exact) mass is 319 g/mol. The third kappa shape index (κ3) is 4.28. The molecule has 0 unspecified atom stereocenters. The smallest absolute Gasteiger partial charge is 0.290 e. The summed E-state index contributed by atoms with van der Waals surface area (Å²) in [5, 5.41) is 6.89. The lowest BCUT2D eigenvalue weighted by Gasteiger charge is -2.30. The molecule has 2 atom stereocenters. The zero-order chi connectivity index (χ0) is 16.8. The van der Waals surface area contributed by atoms with E-state index in [4.69, 9.17) is 9.90 Å². The van der Waals surface area contributed by atoms with Crippen LogP contribution in [-0.2, 0) is 4.79 Å². The van der Waals surface area contributed by atoms with Gasteiger partial charge in [-0.2, -0.15) is 0 Å². The van der Waals surface area contributed by atoms with Crippen LogP contribution >= 0.6 is 0 Å². The van der Waals surface area contributed by atoms with Gasteiger partial charge in [-0.3, -0.25) is 14.6 Å². The lowest BCUT2D eigenvalue weighted by Crippen LogP contribution is -2.42. The van der Waals surface area contributed by atoms with Crippen molar-refractivity contribution in [2.24, 2.45) is 5.92 Å². The second-order valence-corrected chi connectivity index (χ2v) is 6.40. The molecule has 23 heavy (non-hydrogen) atoms. The van der Waals surface area contributed by atoms with Gasteiger partial charge in [-0.25, -0.2) is 0 Å². The molecule has 2 saturated heterocycles. The normalized spacial score (nSPS) is 24.2. The molecular formula is C17H25N3O3. The van der Waals surface area contributed by atoms with Gasteiger partial charge in [0.2, 0.25) is 0 Å². The number of amides is 1. The summed E-state index contributed by atoms with van der Waals surface area (Å²) in [7, 11) is 2.20. The fourth-order valence-electron chi connectivity index (χ4n) is 3.58. The second-order valence-electron chi connectivity index (χ2n) is 6.40. The Morgan fingerprint density at radius 3 is 2.78 bits per heavy atom. The topological polar surface area (TPSA) is 73.7 Å². The van der Waals surface area contributed by atoms with Gasteiger partial charge in [-0.05, 0) is 44.4 Å². The molecule has 6 heteroatoms. The van der Waals surface area contributed by atoms with Crippen LogP contribution in [-0.4, -0.2) is 65.0 Å². The second kappa shape index (κ2) is 8.06. The van der Waals surface area contributed by atoms with Gasteiger partial charge in [-0.15, -0.1) is 0 Å². The number of rotatable bonds is 1. The average Bonchev–Trinajstić information content (AvgIpc) is 2.76. The number of nitrogens with zero attached hydrogens (tertiary/aromatic N) is 3. The SMILES string of the molecule is Cc1cnccc1C(=O)N1C[C@H]2CCC[C@@H](C1)N(C)C2.O=CO. The van der Waals surface area contributed by atoms with Gasteiger partial charge in [0.15, 0.2) is 0 Å². The first-order valence-electron chi connectivity index (χ1n) is 8.04. The third-order valence-electron chi connectivity index (χ3n) is 4.77. The largest absolute Gasteiger partial charge is 0.483 e. The summed E-state index contributed by atoms with van der Waals surface area (Å²) in [5.74, 6) is 0.802. The van der Waals surface area contributed by atoms with Gasteiger partial charge in [0.1, 0.15) is 0 Å². The first kappa shape index (κ1) is 17.4. The molecule has 126 valence electrons. The third-order valence-corrected chi connectivity index (χ3v) is 4.77. The Kier molecular flexibility index (Phi) is 6.10. The van der Waals surface area contributed by atoms with Crippen molar-refractivity contribution < 1.29 is 14.7 Å². The quantitative estimate of drug-likeness (QED) is 0.797. The highest BCUT2D eigenvalue weighted by atomic mass is 16.3. The standard InChI is InChI=1S/C16H23N3O.CH2O2/c1-12-8-17-7-6-15(12)16(20)19-10-13-4-3-5-14(11-19)18(2)9-13;2-1-3/h6-8,13-14H,3-5,9-11H2,1-2H3;1H,(H,2,3)/t13-,14-;/m0./s1. The van der Waals surface area contributed by atoms with Crippen molar-refractivity contribution in [3.8, 4) is 0 Å². The van der Waals surface area contributed by atoms with Crippen LogP contribution in [0, 0.1) is 12.8 Å². The minimum absolute atomic E-state index is 0.178. The summed E-state index contributed by atoms with van der Waals surface area (Å²) < 4.78 is 0. The molecule has 0 radical (unpaired) electrons. The summed E-state index contributed by atoms with van der Waals surface area (Å²) in [5.41, 5.74) is 1.78. The van der Waals surface area contributed by atoms with E-state index in [1.165, 1.54) is 19.3 Å². The van der Waals surface area contributed by atoms with Gasteiger partial charge in [-0.1, -0.05) is 6.42 Å². The van der Waals surface area contributed by atoms with E-state index < -0.39 is 0 Å². The van der Waals surface area contributed by atoms with Gasteiger partial charge < -0.3 is 14.9 Å². The van der Waals surface area contributed by atoms with Crippen molar-refractivity contribution in [1.29, 1.82) is 0 Å². The number of likely N-dealkylation sites (tertiary alicyclic amines) is 1. The molecule has 2 aliphatic rings. The van der Waals surface area contributed by atoms with Crippen LogP contribution in [0.3, 0.4) is 0 Å². The molecule has 3 rings (SSSR count). The molecule has 1 aromatic rings. The Bertz CT molecular complexity index is 550. The van der Waals surface area contributed by atoms with E-state index in [1.807, 2.05) is 13.0 Å². The maximum atomic E-state index is 12.8. The molecule has 3 heterocycles. The number of hydrogen-bond acceptors (Lipinski definition) is 4. The number of pyridine rings is 1. The number of carbonyl (C=O) groups is 2. The minimum Gasteiger partial charge on any atom is -0.483 e. The summed E-state index contributed by atoms with van der Waals surface area (Å²) in [6.07, 6.45) is 7.26. The van der Waals surface area contributed by atoms with Crippen molar-refractivity contribution in [2.75, 3.05) is 26.7 Å². The van der Waals surface area contributed by atoms with E-state index in [0.717, 1.165) is 30.8 Å². The number of carboxylic acid groups (broad SMARTS) is 1. The molecule has 2 aliphatic heterocycles. The molecule has 2 bridgehead atoms. The fraction of sp³-hybridized carbons (Fsp3) is 0.588. The van der Waals surface area contributed by atoms with Crippen LogP contribution in [0.4, 0.5) is 0 Å². The van der Waals surface area contributed by atoms with Crippen LogP contribution < -0.4 is 0 Å². The highest BCUT2D eigenvalue weighted by Gasteiger charge is 2.33. The maximum absolute atomic E-state index is 12.8. The molecule has 6 nitrogen and oxygen atoms in total. The Morgan fingerprint density at radius 1 is 1.35 bits per heavy atom. The summed E-state index contributed by atoms with van der Waals surface area (Å²) in [6.45, 7) is 4.61. The fourth-order valence-corrected chi connectivity index (χ4v) is 3.58. The lowest BCUT2D eigenvalue weighted by atomic mass is 9.99. The van der Waals surface area contributed by atoms with Crippen molar-refractivity contribution in [2.45, 2.75) is 32.2 Å². The average molecular weight is 319 g/mol. The van der Waals surface area contributed by atoms with Gasteiger partial charge in [0, 0.05) is 43.6 Å². The lowest BCUT2D eigenvalue weighted by molar-refractivity contribution is -0.122. The molecule has 0 aromatic carbocycles. The molecule has 0 spiro atoms. The maximum Gasteiger partial charge on any atom is 0.290 e. The predicted octanol–water partition coefficient (Wildman–Crippen LogP) is 1.65. The van der Waals surface area contributed by atoms with Crippen molar-refractivity contribution in [3.05, 3.63) is 29.6 Å². The van der Waals surface area contributed by atoms with E-state index in [9.17, 15) is 4.79 Å². The highest BCUT2D eigenvalue weighted by molar-refractivity contribution is 5.95. The Balaban J connectivity index is 0.000000595. The van der Waals surface area contributed by atoms with Crippen LogP contribution in [0.2, 0.25) is 0 Å². The van der Waals surface area contributed by atoms with Crippen LogP contribution in [0.5, 0.6) is 0 Å². The van der Waals surface area contributed by atoms with Gasteiger partial charge in [0.25, 0.3) is 12.4 Å². The number of fused-ring (bicyclic) bond motifs is 3. The first-order valence-corrected chi connectivity index (χ1v) is 8.04. The highest BCUT2D eigenvalue weighted by Crippen LogP contribution is 2.26. The van der Waals surface area contributed by atoms with Crippen LogP contribution in [0.15, 0.2) is 18.5 Å². The van der Waals surface area contributed by atoms with Crippen molar-refractivity contribution >= 4 is 12.4 Å². The molecule has 1 N–H and O–H groups in total. The Morgan fingerprint density at radius 2 is 2.09 bits per heavy atom. The Labute approximate surface area is 137 Å². The molecule has 1 amide bonds. The summed E-state index contributed by atoms with van der Waals surface area (Å²) in [6, 6.07) is 2.37. The number of likely N-dealkylation sites (N-methyl/N-ethyl adjacent to an activating group) is 1. The molecule has 1 aromatic heterocycles. The van der Waals surface area contributed by atoms with Crippen molar-refractivity contribution in [1.82, 2.24) is 14.8 Å². The number of hydrogen-bond donors (Lipinski definition) is 1. The zero-order valence-electron chi connectivity index (χ0n) is 13.8. The van der Waals surface area contributed by atoms with E-state index in [-0.39, 0.29) is 12.4 Å². The van der Waals surface area contributed by atoms with Crippen LogP contribution in [0.25, 0.3) is 0 Å². The minimum atomic E-state index is -0.250. The van der Waals surface area contributed by atoms with Crippen molar-refractivity contribution in [3.63, 3.8) is 0 Å². The molecular weight excluding hydrogens is 294 g/mol. The van der Waals surface area contributed by atoms with E-state index >= 15 is 0 Å². The number of aromatic nitrogens is 1.